The topological polar surface area (TPSA) is 176 Å². The van der Waals surface area contributed by atoms with Crippen molar-refractivity contribution in [2.45, 2.75) is 48.1 Å². The molecule has 0 aliphatic heterocycles. The summed E-state index contributed by atoms with van der Waals surface area (Å²) in [5.41, 5.74) is 20.6. The Morgan fingerprint density at radius 1 is 0.614 bits per heavy atom. The third-order valence-corrected chi connectivity index (χ3v) is 6.51. The fourth-order valence-electron chi connectivity index (χ4n) is 3.86. The highest BCUT2D eigenvalue weighted by molar-refractivity contribution is 5.93. The summed E-state index contributed by atoms with van der Waals surface area (Å²) in [6, 6.07) is 15.5. The number of rotatable bonds is 5. The number of carbonyl (C=O) groups is 2. The van der Waals surface area contributed by atoms with E-state index in [0.29, 0.717) is 35.7 Å². The lowest BCUT2D eigenvalue weighted by Crippen LogP contribution is -2.06. The Labute approximate surface area is 256 Å². The van der Waals surface area contributed by atoms with Crippen LogP contribution in [0.3, 0.4) is 0 Å². The Hall–Kier alpha value is -5.16. The summed E-state index contributed by atoms with van der Waals surface area (Å²) in [6.07, 6.45) is 0. The predicted molar refractivity (Wildman–Crippen MR) is 171 cm³/mol. The molecular weight excluding hydrogens is 560 g/mol. The molecule has 2 heterocycles. The van der Waals surface area contributed by atoms with Crippen LogP contribution < -0.4 is 11.5 Å². The highest BCUT2D eigenvalue weighted by atomic mass is 16.5. The number of ether oxygens (including phenoxy) is 2. The second-order valence-electron chi connectivity index (χ2n) is 9.76. The number of hydrogen-bond acceptors (Lipinski definition) is 11. The molecule has 0 aliphatic rings. The number of carbonyl (C=O) groups excluding carboxylic acids is 2. The van der Waals surface area contributed by atoms with E-state index in [-0.39, 0.29) is 18.5 Å². The molecular formula is C33H38N6O5. The van der Waals surface area contributed by atoms with Crippen molar-refractivity contribution in [3.8, 4) is 0 Å². The number of anilines is 2. The summed E-state index contributed by atoms with van der Waals surface area (Å²) < 4.78 is 9.73. The Morgan fingerprint density at radius 3 is 1.52 bits per heavy atom. The van der Waals surface area contributed by atoms with Gasteiger partial charge in [0.25, 0.3) is 0 Å². The van der Waals surface area contributed by atoms with Crippen molar-refractivity contribution in [3.63, 3.8) is 0 Å². The molecule has 0 fully saturated rings. The fourth-order valence-corrected chi connectivity index (χ4v) is 3.86. The average molecular weight is 599 g/mol. The maximum absolute atomic E-state index is 11.6. The van der Waals surface area contributed by atoms with Crippen molar-refractivity contribution in [3.05, 3.63) is 94.1 Å². The van der Waals surface area contributed by atoms with E-state index in [1.165, 1.54) is 6.07 Å². The van der Waals surface area contributed by atoms with Crippen molar-refractivity contribution in [1.29, 1.82) is 0 Å². The van der Waals surface area contributed by atoms with Gasteiger partial charge in [-0.2, -0.15) is 0 Å². The van der Waals surface area contributed by atoms with E-state index >= 15 is 0 Å². The third kappa shape index (κ3) is 8.68. The minimum Gasteiger partial charge on any atom is -0.462 e. The Bertz CT molecular complexity index is 1790. The van der Waals surface area contributed by atoms with Gasteiger partial charge in [-0.15, -0.1) is 0 Å². The molecule has 0 amide bonds. The van der Waals surface area contributed by atoms with Gasteiger partial charge in [-0.05, 0) is 95.6 Å². The summed E-state index contributed by atoms with van der Waals surface area (Å²) in [5, 5.41) is 8.97. The maximum Gasteiger partial charge on any atom is 0.338 e. The zero-order valence-corrected chi connectivity index (χ0v) is 25.8. The molecule has 5 N–H and O–H groups in total. The second-order valence-corrected chi connectivity index (χ2v) is 9.76. The molecule has 11 heteroatoms. The molecule has 11 nitrogen and oxygen atoms in total. The van der Waals surface area contributed by atoms with Crippen molar-refractivity contribution in [2.75, 3.05) is 24.7 Å². The predicted octanol–water partition coefficient (Wildman–Crippen LogP) is 5.19. The number of nitrogen functional groups attached to an aromatic ring is 2. The van der Waals surface area contributed by atoms with E-state index in [4.69, 9.17) is 26.0 Å². The minimum absolute atomic E-state index is 0.0462. The van der Waals surface area contributed by atoms with Crippen LogP contribution in [-0.4, -0.2) is 50.2 Å². The molecule has 0 unspecified atom stereocenters. The minimum atomic E-state index is -0.380. The number of aromatic nitrogens is 4. The smallest absolute Gasteiger partial charge is 0.338 e. The first-order valence-electron chi connectivity index (χ1n) is 14.1. The van der Waals surface area contributed by atoms with Crippen LogP contribution in [0.5, 0.6) is 0 Å². The van der Waals surface area contributed by atoms with E-state index < -0.39 is 0 Å². The van der Waals surface area contributed by atoms with Crippen LogP contribution in [0.1, 0.15) is 62.9 Å². The molecule has 44 heavy (non-hydrogen) atoms. The van der Waals surface area contributed by atoms with Crippen LogP contribution >= 0.6 is 0 Å². The van der Waals surface area contributed by atoms with Crippen LogP contribution in [0.4, 0.5) is 11.4 Å². The number of benzene rings is 3. The lowest BCUT2D eigenvalue weighted by molar-refractivity contribution is 0.0517. The summed E-state index contributed by atoms with van der Waals surface area (Å²) in [7, 11) is 0. The van der Waals surface area contributed by atoms with Gasteiger partial charge in [0.1, 0.15) is 0 Å². The largest absolute Gasteiger partial charge is 0.462 e. The Kier molecular flexibility index (Phi) is 11.6. The number of nitrogens with two attached hydrogens (primary N) is 2. The average Bonchev–Trinajstić information content (AvgIpc) is 3.00. The first-order chi connectivity index (χ1) is 21.0. The van der Waals surface area contributed by atoms with Gasteiger partial charge in [0, 0.05) is 0 Å². The molecule has 3 aromatic carbocycles. The highest BCUT2D eigenvalue weighted by Gasteiger charge is 2.09. The first-order valence-corrected chi connectivity index (χ1v) is 14.1. The van der Waals surface area contributed by atoms with E-state index in [2.05, 4.69) is 19.9 Å². The number of nitrogens with zero attached hydrogens (tertiary/aromatic N) is 4. The lowest BCUT2D eigenvalue weighted by Gasteiger charge is -2.05. The molecule has 0 spiro atoms. The molecule has 0 aliphatic carbocycles. The zero-order valence-electron chi connectivity index (χ0n) is 25.8. The third-order valence-electron chi connectivity index (χ3n) is 6.51. The summed E-state index contributed by atoms with van der Waals surface area (Å²) in [4.78, 5) is 40.4. The van der Waals surface area contributed by atoms with Crippen LogP contribution in [-0.2, 0) is 16.1 Å². The van der Waals surface area contributed by atoms with Crippen LogP contribution in [0.25, 0.3) is 22.1 Å². The first kappa shape index (κ1) is 33.3. The van der Waals surface area contributed by atoms with Gasteiger partial charge in [-0.25, -0.2) is 29.5 Å². The van der Waals surface area contributed by atoms with Crippen LogP contribution in [0, 0.1) is 27.7 Å². The van der Waals surface area contributed by atoms with E-state index in [9.17, 15) is 9.59 Å². The molecule has 0 atom stereocenters. The maximum atomic E-state index is 11.6. The number of esters is 2. The molecule has 5 aromatic rings. The standard InChI is InChI=1S/C13H14N2O2.C11H12N2O.C9H12N2O2/c1-4-17-13(16)10-5-6-11-12(7-10)15-9(3)8(2)14-11;1-7-8(2)13-11-5-9(6-14)3-4-10(11)12-7;1-2-13-9(12)6-3-4-7(10)8(11)5-6/h5-7H,4H2,1-3H3;3-5,14H,6H2,1-2H3;3-5H,2,10-11H2,1H3. The molecule has 230 valence electrons. The van der Waals surface area contributed by atoms with Crippen molar-refractivity contribution in [2.24, 2.45) is 0 Å². The van der Waals surface area contributed by atoms with Crippen molar-refractivity contribution < 1.29 is 24.2 Å². The van der Waals surface area contributed by atoms with Gasteiger partial charge in [0.2, 0.25) is 0 Å². The Balaban J connectivity index is 0.000000182. The monoisotopic (exact) mass is 598 g/mol. The van der Waals surface area contributed by atoms with Gasteiger partial charge >= 0.3 is 11.9 Å². The normalized spacial score (nSPS) is 10.3. The number of aryl methyl sites for hydroxylation is 4. The fraction of sp³-hybridized carbons (Fsp3) is 0.273. The molecule has 5 rings (SSSR count). The van der Waals surface area contributed by atoms with Gasteiger partial charge in [0.15, 0.2) is 0 Å². The van der Waals surface area contributed by atoms with Gasteiger partial charge in [-0.3, -0.25) is 0 Å². The van der Waals surface area contributed by atoms with E-state index in [1.807, 2.05) is 45.9 Å². The van der Waals surface area contributed by atoms with Crippen LogP contribution in [0.2, 0.25) is 0 Å². The summed E-state index contributed by atoms with van der Waals surface area (Å²) >= 11 is 0. The Morgan fingerprint density at radius 2 is 1.05 bits per heavy atom. The zero-order chi connectivity index (χ0) is 32.4. The number of fused-ring (bicyclic) bond motifs is 2. The quantitative estimate of drug-likeness (QED) is 0.179. The molecule has 0 bridgehead atoms. The molecule has 0 saturated heterocycles. The van der Waals surface area contributed by atoms with Gasteiger partial charge < -0.3 is 26.0 Å². The molecule has 0 saturated carbocycles. The van der Waals surface area contributed by atoms with Gasteiger partial charge in [0.05, 0.1) is 87.2 Å². The van der Waals surface area contributed by atoms with E-state index in [0.717, 1.165) is 50.4 Å². The number of hydrogen-bond donors (Lipinski definition) is 3. The van der Waals surface area contributed by atoms with E-state index in [1.54, 1.807) is 44.2 Å². The highest BCUT2D eigenvalue weighted by Crippen LogP contribution is 2.17. The van der Waals surface area contributed by atoms with Crippen molar-refractivity contribution >= 4 is 45.4 Å². The molecule has 2 aromatic heterocycles. The number of aliphatic hydroxyl groups is 1. The molecule has 0 radical (unpaired) electrons. The SMILES string of the molecule is CCOC(=O)c1ccc(N)c(N)c1.CCOC(=O)c1ccc2nc(C)c(C)nc2c1.Cc1nc2ccc(CO)cc2nc1C. The van der Waals surface area contributed by atoms with Crippen molar-refractivity contribution in [1.82, 2.24) is 19.9 Å². The lowest BCUT2D eigenvalue weighted by atomic mass is 10.2. The van der Waals surface area contributed by atoms with Gasteiger partial charge in [-0.1, -0.05) is 6.07 Å². The second kappa shape index (κ2) is 15.4. The summed E-state index contributed by atoms with van der Waals surface area (Å²) in [5.74, 6) is -0.705. The van der Waals surface area contributed by atoms with Crippen LogP contribution in [0.15, 0.2) is 54.6 Å². The number of aliphatic hydroxyl groups excluding tert-OH is 1. The summed E-state index contributed by atoms with van der Waals surface area (Å²) in [6.45, 7) is 12.0.